The molecule has 0 bridgehead atoms. The normalized spacial score (nSPS) is 16.3. The van der Waals surface area contributed by atoms with E-state index in [1.807, 2.05) is 12.1 Å². The maximum atomic E-state index is 12.1. The first-order valence-electron chi connectivity index (χ1n) is 6.62. The van der Waals surface area contributed by atoms with Crippen molar-refractivity contribution in [2.45, 2.75) is 25.7 Å². The monoisotopic (exact) mass is 286 g/mol. The molecule has 0 fully saturated rings. The van der Waals surface area contributed by atoms with Gasteiger partial charge < -0.3 is 4.52 Å². The van der Waals surface area contributed by atoms with E-state index in [-0.39, 0.29) is 17.5 Å². The Kier molecular flexibility index (Phi) is 3.39. The fraction of sp³-hybridized carbons (Fsp3) is 0.286. The van der Waals surface area contributed by atoms with E-state index in [2.05, 4.69) is 21.0 Å². The molecule has 1 aliphatic carbocycles. The molecule has 0 saturated heterocycles. The van der Waals surface area contributed by atoms with Crippen molar-refractivity contribution in [1.82, 2.24) is 21.0 Å². The van der Waals surface area contributed by atoms with Gasteiger partial charge in [-0.25, -0.2) is 0 Å². The van der Waals surface area contributed by atoms with Crippen LogP contribution >= 0.6 is 0 Å². The Bertz CT molecular complexity index is 695. The number of carbonyl (C=O) groups excluding carboxylic acids is 2. The Morgan fingerprint density at radius 2 is 2.24 bits per heavy atom. The number of nitrogens with one attached hydrogen (secondary N) is 2. The number of hydrogen-bond donors (Lipinski definition) is 2. The second-order valence-corrected chi connectivity index (χ2v) is 4.91. The van der Waals surface area contributed by atoms with Gasteiger partial charge in [0.25, 0.3) is 5.91 Å². The minimum atomic E-state index is -0.514. The summed E-state index contributed by atoms with van der Waals surface area (Å²) in [6.07, 6.45) is 3.18. The molecule has 108 valence electrons. The first-order chi connectivity index (χ1) is 10.1. The molecule has 7 heteroatoms. The second kappa shape index (κ2) is 5.35. The molecular weight excluding hydrogens is 272 g/mol. The lowest BCUT2D eigenvalue weighted by Gasteiger charge is -2.11. The van der Waals surface area contributed by atoms with Crippen LogP contribution in [0, 0.1) is 6.92 Å². The third kappa shape index (κ3) is 2.62. The molecule has 0 saturated carbocycles. The maximum absolute atomic E-state index is 12.1. The highest BCUT2D eigenvalue weighted by Crippen LogP contribution is 2.30. The fourth-order valence-electron chi connectivity index (χ4n) is 2.41. The topological polar surface area (TPSA) is 97.1 Å². The molecule has 2 aromatic heterocycles. The number of aryl methyl sites for hydroxylation is 2. The second-order valence-electron chi connectivity index (χ2n) is 4.91. The van der Waals surface area contributed by atoms with Crippen molar-refractivity contribution in [3.63, 3.8) is 0 Å². The van der Waals surface area contributed by atoms with Crippen molar-refractivity contribution in [3.8, 4) is 0 Å². The van der Waals surface area contributed by atoms with E-state index >= 15 is 0 Å². The molecule has 7 nitrogen and oxygen atoms in total. The van der Waals surface area contributed by atoms with Gasteiger partial charge in [-0.15, -0.1) is 0 Å². The van der Waals surface area contributed by atoms with Crippen LogP contribution in [0.4, 0.5) is 0 Å². The number of hydrazine groups is 1. The van der Waals surface area contributed by atoms with Gasteiger partial charge in [0, 0.05) is 12.3 Å². The lowest BCUT2D eigenvalue weighted by atomic mass is 10.1. The number of aromatic nitrogens is 2. The van der Waals surface area contributed by atoms with Crippen LogP contribution in [0.3, 0.4) is 0 Å². The molecule has 2 N–H and O–H groups in total. The average molecular weight is 286 g/mol. The Morgan fingerprint density at radius 1 is 1.38 bits per heavy atom. The van der Waals surface area contributed by atoms with Crippen LogP contribution in [-0.4, -0.2) is 22.0 Å². The van der Waals surface area contributed by atoms with E-state index in [0.29, 0.717) is 12.2 Å². The Hall–Kier alpha value is -2.70. The summed E-state index contributed by atoms with van der Waals surface area (Å²) in [7, 11) is 0. The Labute approximate surface area is 120 Å². The third-order valence-corrected chi connectivity index (χ3v) is 3.43. The highest BCUT2D eigenvalue weighted by Gasteiger charge is 2.30. The van der Waals surface area contributed by atoms with Crippen LogP contribution < -0.4 is 10.9 Å². The van der Waals surface area contributed by atoms with Crippen molar-refractivity contribution in [3.05, 3.63) is 47.1 Å². The molecule has 3 rings (SSSR count). The molecule has 0 aromatic carbocycles. The number of nitrogens with zero attached hydrogens (tertiary/aromatic N) is 2. The third-order valence-electron chi connectivity index (χ3n) is 3.43. The molecule has 2 heterocycles. The SMILES string of the molecule is Cc1cc(C(=O)NNC(=O)C2CCc3cccnc32)no1. The van der Waals surface area contributed by atoms with Gasteiger partial charge in [-0.2, -0.15) is 0 Å². The molecule has 0 spiro atoms. The van der Waals surface area contributed by atoms with Gasteiger partial charge in [0.1, 0.15) is 5.76 Å². The van der Waals surface area contributed by atoms with E-state index in [1.165, 1.54) is 6.07 Å². The van der Waals surface area contributed by atoms with E-state index < -0.39 is 5.91 Å². The van der Waals surface area contributed by atoms with E-state index in [4.69, 9.17) is 4.52 Å². The predicted molar refractivity (Wildman–Crippen MR) is 72.1 cm³/mol. The van der Waals surface area contributed by atoms with Crippen LogP contribution in [0.15, 0.2) is 28.9 Å². The highest BCUT2D eigenvalue weighted by molar-refractivity contribution is 5.94. The van der Waals surface area contributed by atoms with Crippen molar-refractivity contribution in [2.75, 3.05) is 0 Å². The van der Waals surface area contributed by atoms with Gasteiger partial charge in [0.15, 0.2) is 5.69 Å². The van der Waals surface area contributed by atoms with Crippen LogP contribution in [0.1, 0.15) is 39.8 Å². The number of hydrogen-bond acceptors (Lipinski definition) is 5. The van der Waals surface area contributed by atoms with Gasteiger partial charge >= 0.3 is 0 Å². The van der Waals surface area contributed by atoms with Gasteiger partial charge in [-0.3, -0.25) is 25.4 Å². The summed E-state index contributed by atoms with van der Waals surface area (Å²) < 4.78 is 4.81. The van der Waals surface area contributed by atoms with Crippen LogP contribution in [-0.2, 0) is 11.2 Å². The molecular formula is C14H14N4O3. The minimum Gasteiger partial charge on any atom is -0.361 e. The summed E-state index contributed by atoms with van der Waals surface area (Å²) in [5.74, 6) is -0.596. The Balaban J connectivity index is 1.62. The molecule has 0 radical (unpaired) electrons. The number of amides is 2. The molecule has 2 aromatic rings. The molecule has 0 aliphatic heterocycles. The first kappa shape index (κ1) is 13.3. The summed E-state index contributed by atoms with van der Waals surface area (Å²) in [6, 6.07) is 5.31. The zero-order valence-electron chi connectivity index (χ0n) is 11.4. The molecule has 1 unspecified atom stereocenters. The van der Waals surface area contributed by atoms with Gasteiger partial charge in [0.2, 0.25) is 5.91 Å². The molecule has 1 aliphatic rings. The summed E-state index contributed by atoms with van der Waals surface area (Å²) in [5.41, 5.74) is 6.73. The van der Waals surface area contributed by atoms with E-state index in [0.717, 1.165) is 17.7 Å². The van der Waals surface area contributed by atoms with E-state index in [9.17, 15) is 9.59 Å². The largest absolute Gasteiger partial charge is 0.361 e. The number of carbonyl (C=O) groups is 2. The van der Waals surface area contributed by atoms with Crippen LogP contribution in [0.25, 0.3) is 0 Å². The Morgan fingerprint density at radius 3 is 3.00 bits per heavy atom. The highest BCUT2D eigenvalue weighted by atomic mass is 16.5. The molecule has 2 amide bonds. The minimum absolute atomic E-state index is 0.123. The van der Waals surface area contributed by atoms with Crippen molar-refractivity contribution >= 4 is 11.8 Å². The van der Waals surface area contributed by atoms with Gasteiger partial charge in [-0.1, -0.05) is 11.2 Å². The summed E-state index contributed by atoms with van der Waals surface area (Å²) in [6.45, 7) is 1.68. The summed E-state index contributed by atoms with van der Waals surface area (Å²) in [4.78, 5) is 28.1. The standard InChI is InChI=1S/C14H14N4O3/c1-8-7-11(18-21-8)14(20)17-16-13(19)10-5-4-9-3-2-6-15-12(9)10/h2-3,6-7,10H,4-5H2,1H3,(H,16,19)(H,17,20). The number of rotatable bonds is 2. The number of pyridine rings is 1. The summed E-state index contributed by atoms with van der Waals surface area (Å²) in [5, 5.41) is 3.58. The van der Waals surface area contributed by atoms with Gasteiger partial charge in [0.05, 0.1) is 11.6 Å². The van der Waals surface area contributed by atoms with Crippen molar-refractivity contribution < 1.29 is 14.1 Å². The smallest absolute Gasteiger partial charge is 0.291 e. The van der Waals surface area contributed by atoms with Crippen molar-refractivity contribution in [1.29, 1.82) is 0 Å². The zero-order valence-corrected chi connectivity index (χ0v) is 11.4. The van der Waals surface area contributed by atoms with Crippen LogP contribution in [0.2, 0.25) is 0 Å². The van der Waals surface area contributed by atoms with Crippen LogP contribution in [0.5, 0.6) is 0 Å². The fourth-order valence-corrected chi connectivity index (χ4v) is 2.41. The summed E-state index contributed by atoms with van der Waals surface area (Å²) >= 11 is 0. The van der Waals surface area contributed by atoms with Crippen molar-refractivity contribution in [2.24, 2.45) is 0 Å². The van der Waals surface area contributed by atoms with E-state index in [1.54, 1.807) is 13.1 Å². The quantitative estimate of drug-likeness (QED) is 0.798. The molecule has 21 heavy (non-hydrogen) atoms. The van der Waals surface area contributed by atoms with Gasteiger partial charge in [-0.05, 0) is 31.4 Å². The molecule has 1 atom stereocenters. The number of fused-ring (bicyclic) bond motifs is 1. The zero-order chi connectivity index (χ0) is 14.8. The lowest BCUT2D eigenvalue weighted by Crippen LogP contribution is -2.43. The lowest BCUT2D eigenvalue weighted by molar-refractivity contribution is -0.123. The first-order valence-corrected chi connectivity index (χ1v) is 6.62. The predicted octanol–water partition coefficient (Wildman–Crippen LogP) is 0.869. The average Bonchev–Trinajstić information content (AvgIpc) is 3.10. The maximum Gasteiger partial charge on any atom is 0.291 e.